The third-order valence-electron chi connectivity index (χ3n) is 3.27. The monoisotopic (exact) mass is 236 g/mol. The van der Waals surface area contributed by atoms with Crippen LogP contribution in [0.2, 0.25) is 0 Å². The van der Waals surface area contributed by atoms with Crippen molar-refractivity contribution < 1.29 is 13.5 Å². The molecule has 2 atom stereocenters. The number of alkyl halides is 2. The van der Waals surface area contributed by atoms with Crippen LogP contribution < -0.4 is 11.1 Å². The molecule has 1 rings (SSSR count). The van der Waals surface area contributed by atoms with E-state index in [1.54, 1.807) is 0 Å². The molecule has 1 heterocycles. The Morgan fingerprint density at radius 2 is 2.19 bits per heavy atom. The summed E-state index contributed by atoms with van der Waals surface area (Å²) in [5, 5.41) is 2.91. The summed E-state index contributed by atoms with van der Waals surface area (Å²) in [6.45, 7) is 4.83. The number of nitrogens with two attached hydrogens (primary N) is 1. The maximum Gasteiger partial charge on any atom is 0.250 e. The van der Waals surface area contributed by atoms with E-state index in [0.717, 1.165) is 0 Å². The van der Waals surface area contributed by atoms with Crippen LogP contribution in [0.3, 0.4) is 0 Å². The molecular formula is C11H22F2N2O. The lowest BCUT2D eigenvalue weighted by molar-refractivity contribution is -0.0521. The van der Waals surface area contributed by atoms with Gasteiger partial charge in [0.05, 0.1) is 12.6 Å². The maximum absolute atomic E-state index is 12.2. The van der Waals surface area contributed by atoms with Crippen LogP contribution in [0.1, 0.15) is 26.7 Å². The molecule has 0 saturated carbocycles. The standard InChI is InChI=1S/C11H22F2N2O/c1-8(2)9-5-11(7-14,3-4-16-9)15-6-10(12)13/h8-10,15H,3-7,14H2,1-2H3. The van der Waals surface area contributed by atoms with Crippen LogP contribution in [-0.2, 0) is 4.74 Å². The van der Waals surface area contributed by atoms with E-state index in [1.807, 2.05) is 0 Å². The SMILES string of the molecule is CC(C)C1CC(CN)(NCC(F)F)CCO1. The van der Waals surface area contributed by atoms with Crippen molar-refractivity contribution in [3.63, 3.8) is 0 Å². The van der Waals surface area contributed by atoms with Crippen molar-refractivity contribution in [2.45, 2.75) is 44.8 Å². The molecule has 1 fully saturated rings. The van der Waals surface area contributed by atoms with Gasteiger partial charge in [-0.25, -0.2) is 8.78 Å². The number of nitrogens with one attached hydrogen (secondary N) is 1. The van der Waals surface area contributed by atoms with Crippen LogP contribution >= 0.6 is 0 Å². The Hall–Kier alpha value is -0.260. The highest BCUT2D eigenvalue weighted by Crippen LogP contribution is 2.28. The van der Waals surface area contributed by atoms with Crippen molar-refractivity contribution in [3.8, 4) is 0 Å². The van der Waals surface area contributed by atoms with E-state index in [0.29, 0.717) is 31.9 Å². The zero-order valence-electron chi connectivity index (χ0n) is 10.0. The fourth-order valence-corrected chi connectivity index (χ4v) is 2.09. The molecule has 0 bridgehead atoms. The second kappa shape index (κ2) is 5.89. The van der Waals surface area contributed by atoms with Crippen LogP contribution in [-0.4, -0.2) is 37.8 Å². The number of hydrogen-bond acceptors (Lipinski definition) is 3. The van der Waals surface area contributed by atoms with Crippen LogP contribution in [0.5, 0.6) is 0 Å². The molecule has 3 nitrogen and oxygen atoms in total. The number of ether oxygens (including phenoxy) is 1. The zero-order chi connectivity index (χ0) is 12.2. The van der Waals surface area contributed by atoms with Gasteiger partial charge in [-0.3, -0.25) is 0 Å². The fourth-order valence-electron chi connectivity index (χ4n) is 2.09. The second-order valence-electron chi connectivity index (χ2n) is 4.86. The lowest BCUT2D eigenvalue weighted by atomic mass is 9.83. The zero-order valence-corrected chi connectivity index (χ0v) is 10.0. The minimum Gasteiger partial charge on any atom is -0.378 e. The van der Waals surface area contributed by atoms with Crippen LogP contribution in [0.4, 0.5) is 8.78 Å². The van der Waals surface area contributed by atoms with Gasteiger partial charge in [0.2, 0.25) is 0 Å². The van der Waals surface area contributed by atoms with E-state index in [9.17, 15) is 8.78 Å². The Labute approximate surface area is 95.7 Å². The maximum atomic E-state index is 12.2. The average Bonchev–Trinajstić information content (AvgIpc) is 2.26. The van der Waals surface area contributed by atoms with Gasteiger partial charge in [0, 0.05) is 18.7 Å². The van der Waals surface area contributed by atoms with Gasteiger partial charge in [-0.15, -0.1) is 0 Å². The minimum absolute atomic E-state index is 0.113. The molecule has 0 aromatic heterocycles. The third-order valence-corrected chi connectivity index (χ3v) is 3.27. The Balaban J connectivity index is 2.56. The average molecular weight is 236 g/mol. The molecule has 0 amide bonds. The van der Waals surface area contributed by atoms with Gasteiger partial charge >= 0.3 is 0 Å². The number of hydrogen-bond donors (Lipinski definition) is 2. The van der Waals surface area contributed by atoms with E-state index < -0.39 is 6.43 Å². The first-order chi connectivity index (χ1) is 7.49. The molecule has 5 heteroatoms. The van der Waals surface area contributed by atoms with E-state index in [2.05, 4.69) is 19.2 Å². The van der Waals surface area contributed by atoms with Crippen molar-refractivity contribution in [2.75, 3.05) is 19.7 Å². The molecule has 0 aromatic rings. The second-order valence-corrected chi connectivity index (χ2v) is 4.86. The highest BCUT2D eigenvalue weighted by molar-refractivity contribution is 4.95. The summed E-state index contributed by atoms with van der Waals surface area (Å²) < 4.78 is 30.1. The first-order valence-electron chi connectivity index (χ1n) is 5.84. The van der Waals surface area contributed by atoms with Crippen molar-refractivity contribution >= 4 is 0 Å². The summed E-state index contributed by atoms with van der Waals surface area (Å²) in [5.74, 6) is 0.388. The predicted molar refractivity (Wildman–Crippen MR) is 59.6 cm³/mol. The highest BCUT2D eigenvalue weighted by atomic mass is 19.3. The van der Waals surface area contributed by atoms with Gasteiger partial charge in [0.1, 0.15) is 0 Å². The Morgan fingerprint density at radius 1 is 1.50 bits per heavy atom. The number of rotatable bonds is 5. The largest absolute Gasteiger partial charge is 0.378 e. The molecule has 1 saturated heterocycles. The summed E-state index contributed by atoms with van der Waals surface area (Å²) in [5.41, 5.74) is 5.35. The Bertz CT molecular complexity index is 214. The summed E-state index contributed by atoms with van der Waals surface area (Å²) in [7, 11) is 0. The summed E-state index contributed by atoms with van der Waals surface area (Å²) in [6.07, 6.45) is -0.793. The van der Waals surface area contributed by atoms with Gasteiger partial charge in [-0.05, 0) is 18.8 Å². The predicted octanol–water partition coefficient (Wildman–Crippen LogP) is 1.37. The van der Waals surface area contributed by atoms with E-state index in [1.165, 1.54) is 0 Å². The normalized spacial score (nSPS) is 31.3. The number of halogens is 2. The molecule has 96 valence electrons. The molecule has 3 N–H and O–H groups in total. The lowest BCUT2D eigenvalue weighted by Gasteiger charge is -2.42. The van der Waals surface area contributed by atoms with Crippen molar-refractivity contribution in [3.05, 3.63) is 0 Å². The molecule has 2 unspecified atom stereocenters. The van der Waals surface area contributed by atoms with Crippen LogP contribution in [0.25, 0.3) is 0 Å². The molecule has 0 radical (unpaired) electrons. The molecule has 1 aliphatic rings. The summed E-state index contributed by atoms with van der Waals surface area (Å²) >= 11 is 0. The quantitative estimate of drug-likeness (QED) is 0.758. The lowest BCUT2D eigenvalue weighted by Crippen LogP contribution is -2.58. The highest BCUT2D eigenvalue weighted by Gasteiger charge is 2.37. The Kier molecular flexibility index (Phi) is 5.08. The molecule has 16 heavy (non-hydrogen) atoms. The molecule has 0 aromatic carbocycles. The Morgan fingerprint density at radius 3 is 2.69 bits per heavy atom. The van der Waals surface area contributed by atoms with Gasteiger partial charge in [0.15, 0.2) is 0 Å². The molecular weight excluding hydrogens is 214 g/mol. The summed E-state index contributed by atoms with van der Waals surface area (Å²) in [4.78, 5) is 0. The first kappa shape index (κ1) is 13.8. The van der Waals surface area contributed by atoms with E-state index in [4.69, 9.17) is 10.5 Å². The first-order valence-corrected chi connectivity index (χ1v) is 5.84. The van der Waals surface area contributed by atoms with Gasteiger partial charge in [-0.1, -0.05) is 13.8 Å². The molecule has 0 spiro atoms. The third kappa shape index (κ3) is 3.64. The van der Waals surface area contributed by atoms with Crippen LogP contribution in [0, 0.1) is 5.92 Å². The van der Waals surface area contributed by atoms with Gasteiger partial charge in [0.25, 0.3) is 6.43 Å². The smallest absolute Gasteiger partial charge is 0.250 e. The van der Waals surface area contributed by atoms with Gasteiger partial charge < -0.3 is 15.8 Å². The minimum atomic E-state index is -2.33. The van der Waals surface area contributed by atoms with Crippen LogP contribution in [0.15, 0.2) is 0 Å². The van der Waals surface area contributed by atoms with E-state index >= 15 is 0 Å². The molecule has 0 aliphatic carbocycles. The molecule has 1 aliphatic heterocycles. The topological polar surface area (TPSA) is 47.3 Å². The van der Waals surface area contributed by atoms with E-state index in [-0.39, 0.29) is 18.2 Å². The van der Waals surface area contributed by atoms with Crippen molar-refractivity contribution in [1.29, 1.82) is 0 Å². The fraction of sp³-hybridized carbons (Fsp3) is 1.00. The summed E-state index contributed by atoms with van der Waals surface area (Å²) in [6, 6.07) is 0. The van der Waals surface area contributed by atoms with Crippen molar-refractivity contribution in [1.82, 2.24) is 5.32 Å². The van der Waals surface area contributed by atoms with Crippen molar-refractivity contribution in [2.24, 2.45) is 11.7 Å². The van der Waals surface area contributed by atoms with Gasteiger partial charge in [-0.2, -0.15) is 0 Å².